The van der Waals surface area contributed by atoms with Crippen molar-refractivity contribution in [2.75, 3.05) is 7.05 Å². The molecular formula is C16H20N2O4S. The number of thiazole rings is 1. The smallest absolute Gasteiger partial charge is 0.339 e. The van der Waals surface area contributed by atoms with Gasteiger partial charge in [0.15, 0.2) is 0 Å². The van der Waals surface area contributed by atoms with Gasteiger partial charge < -0.3 is 14.4 Å². The van der Waals surface area contributed by atoms with E-state index in [4.69, 9.17) is 9.52 Å². The summed E-state index contributed by atoms with van der Waals surface area (Å²) in [5.74, 6) is -0.189. The first-order valence-corrected chi connectivity index (χ1v) is 8.22. The molecule has 6 nitrogen and oxygen atoms in total. The van der Waals surface area contributed by atoms with Crippen molar-refractivity contribution in [2.45, 2.75) is 39.7 Å². The first-order chi connectivity index (χ1) is 10.9. The zero-order valence-electron chi connectivity index (χ0n) is 13.5. The molecule has 0 aliphatic rings. The van der Waals surface area contributed by atoms with Crippen LogP contribution in [0.3, 0.4) is 0 Å². The molecule has 0 spiro atoms. The Morgan fingerprint density at radius 1 is 1.39 bits per heavy atom. The van der Waals surface area contributed by atoms with E-state index in [2.05, 4.69) is 4.98 Å². The summed E-state index contributed by atoms with van der Waals surface area (Å²) in [7, 11) is 1.69. The van der Waals surface area contributed by atoms with Gasteiger partial charge >= 0.3 is 5.97 Å². The van der Waals surface area contributed by atoms with Gasteiger partial charge in [-0.05, 0) is 32.8 Å². The van der Waals surface area contributed by atoms with Crippen molar-refractivity contribution >= 4 is 23.2 Å². The molecule has 2 rings (SSSR count). The topological polar surface area (TPSA) is 83.6 Å². The monoisotopic (exact) mass is 336 g/mol. The lowest BCUT2D eigenvalue weighted by Crippen LogP contribution is -2.25. The van der Waals surface area contributed by atoms with E-state index in [1.165, 1.54) is 6.07 Å². The number of furan rings is 1. The van der Waals surface area contributed by atoms with Gasteiger partial charge in [0.1, 0.15) is 17.1 Å². The van der Waals surface area contributed by atoms with Crippen LogP contribution in [0.1, 0.15) is 45.4 Å². The minimum atomic E-state index is -1.02. The largest absolute Gasteiger partial charge is 0.478 e. The summed E-state index contributed by atoms with van der Waals surface area (Å²) in [4.78, 5) is 29.0. The van der Waals surface area contributed by atoms with E-state index in [0.717, 1.165) is 23.5 Å². The van der Waals surface area contributed by atoms with Gasteiger partial charge in [-0.3, -0.25) is 4.79 Å². The summed E-state index contributed by atoms with van der Waals surface area (Å²) in [5, 5.41) is 12.1. The predicted molar refractivity (Wildman–Crippen MR) is 86.7 cm³/mol. The van der Waals surface area contributed by atoms with Crippen LogP contribution in [0.5, 0.6) is 0 Å². The molecule has 0 aromatic carbocycles. The molecule has 7 heteroatoms. The number of aromatic nitrogens is 1. The number of carboxylic acid groups (broad SMARTS) is 1. The number of aromatic carboxylic acids is 1. The molecule has 2 aromatic heterocycles. The van der Waals surface area contributed by atoms with Crippen molar-refractivity contribution < 1.29 is 19.1 Å². The quantitative estimate of drug-likeness (QED) is 0.840. The summed E-state index contributed by atoms with van der Waals surface area (Å²) in [6.07, 6.45) is 1.95. The molecule has 0 unspecified atom stereocenters. The zero-order valence-corrected chi connectivity index (χ0v) is 14.3. The molecule has 0 bridgehead atoms. The van der Waals surface area contributed by atoms with E-state index in [1.54, 1.807) is 30.2 Å². The second-order valence-electron chi connectivity index (χ2n) is 5.45. The Bertz CT molecular complexity index is 705. The highest BCUT2D eigenvalue weighted by molar-refractivity contribution is 7.09. The SMILES string of the molecule is Cc1nc(CCCC(=O)N(C)Cc2cc(C(=O)O)c(C)o2)cs1. The summed E-state index contributed by atoms with van der Waals surface area (Å²) in [6, 6.07) is 1.47. The van der Waals surface area contributed by atoms with Gasteiger partial charge in [0, 0.05) is 18.8 Å². The molecule has 1 amide bonds. The predicted octanol–water partition coefficient (Wildman–Crippen LogP) is 3.03. The molecule has 0 saturated carbocycles. The zero-order chi connectivity index (χ0) is 17.0. The molecule has 0 fully saturated rings. The Hall–Kier alpha value is -2.15. The van der Waals surface area contributed by atoms with E-state index in [-0.39, 0.29) is 18.0 Å². The molecule has 124 valence electrons. The normalized spacial score (nSPS) is 10.7. The first-order valence-electron chi connectivity index (χ1n) is 7.34. The highest BCUT2D eigenvalue weighted by Crippen LogP contribution is 2.17. The minimum absolute atomic E-state index is 0.00267. The maximum Gasteiger partial charge on any atom is 0.339 e. The number of carbonyl (C=O) groups is 2. The molecule has 0 saturated heterocycles. The Balaban J connectivity index is 1.82. The fourth-order valence-electron chi connectivity index (χ4n) is 2.29. The standard InChI is InChI=1S/C16H20N2O4S/c1-10-14(16(20)21)7-13(22-10)8-18(3)15(19)6-4-5-12-9-23-11(2)17-12/h7,9H,4-6,8H2,1-3H3,(H,20,21). The van der Waals surface area contributed by atoms with Crippen LogP contribution >= 0.6 is 11.3 Å². The highest BCUT2D eigenvalue weighted by Gasteiger charge is 2.16. The molecule has 2 heterocycles. The lowest BCUT2D eigenvalue weighted by molar-refractivity contribution is -0.130. The Morgan fingerprint density at radius 3 is 2.70 bits per heavy atom. The number of rotatable bonds is 7. The summed E-state index contributed by atoms with van der Waals surface area (Å²) < 4.78 is 5.39. The van der Waals surface area contributed by atoms with Crippen LogP contribution in [0.4, 0.5) is 0 Å². The lowest BCUT2D eigenvalue weighted by Gasteiger charge is -2.15. The third kappa shape index (κ3) is 4.66. The second kappa shape index (κ2) is 7.41. The van der Waals surface area contributed by atoms with Gasteiger partial charge in [0.2, 0.25) is 5.91 Å². The van der Waals surface area contributed by atoms with Gasteiger partial charge in [-0.1, -0.05) is 0 Å². The van der Waals surface area contributed by atoms with E-state index in [9.17, 15) is 9.59 Å². The van der Waals surface area contributed by atoms with Gasteiger partial charge in [0.25, 0.3) is 0 Å². The number of hydrogen-bond acceptors (Lipinski definition) is 5. The van der Waals surface area contributed by atoms with Gasteiger partial charge in [-0.2, -0.15) is 0 Å². The van der Waals surface area contributed by atoms with E-state index in [1.807, 2.05) is 12.3 Å². The summed E-state index contributed by atoms with van der Waals surface area (Å²) >= 11 is 1.61. The number of amides is 1. The van der Waals surface area contributed by atoms with Crippen LogP contribution in [0.25, 0.3) is 0 Å². The molecule has 0 radical (unpaired) electrons. The highest BCUT2D eigenvalue weighted by atomic mass is 32.1. The average Bonchev–Trinajstić information content (AvgIpc) is 3.04. The van der Waals surface area contributed by atoms with Crippen LogP contribution in [0.2, 0.25) is 0 Å². The molecule has 1 N–H and O–H groups in total. The van der Waals surface area contributed by atoms with Crippen LogP contribution in [-0.2, 0) is 17.8 Å². The van der Waals surface area contributed by atoms with E-state index >= 15 is 0 Å². The van der Waals surface area contributed by atoms with E-state index in [0.29, 0.717) is 17.9 Å². The minimum Gasteiger partial charge on any atom is -0.478 e. The van der Waals surface area contributed by atoms with Crippen molar-refractivity contribution in [3.05, 3.63) is 39.2 Å². The van der Waals surface area contributed by atoms with Crippen molar-refractivity contribution in [3.63, 3.8) is 0 Å². The van der Waals surface area contributed by atoms with Crippen molar-refractivity contribution in [2.24, 2.45) is 0 Å². The lowest BCUT2D eigenvalue weighted by atomic mass is 10.2. The number of nitrogens with zero attached hydrogens (tertiary/aromatic N) is 2. The van der Waals surface area contributed by atoms with Crippen LogP contribution in [0, 0.1) is 13.8 Å². The average molecular weight is 336 g/mol. The molecule has 0 atom stereocenters. The number of hydrogen-bond donors (Lipinski definition) is 1. The fourth-order valence-corrected chi connectivity index (χ4v) is 2.94. The van der Waals surface area contributed by atoms with E-state index < -0.39 is 5.97 Å². The maximum absolute atomic E-state index is 12.1. The number of aryl methyl sites for hydroxylation is 3. The van der Waals surface area contributed by atoms with Gasteiger partial charge in [-0.25, -0.2) is 9.78 Å². The third-order valence-electron chi connectivity index (χ3n) is 3.51. The molecule has 0 aliphatic carbocycles. The van der Waals surface area contributed by atoms with Gasteiger partial charge in [0.05, 0.1) is 17.2 Å². The number of carbonyl (C=O) groups excluding carboxylic acids is 1. The van der Waals surface area contributed by atoms with Gasteiger partial charge in [-0.15, -0.1) is 11.3 Å². The van der Waals surface area contributed by atoms with Crippen molar-refractivity contribution in [1.82, 2.24) is 9.88 Å². The summed E-state index contributed by atoms with van der Waals surface area (Å²) in [5.41, 5.74) is 1.16. The maximum atomic E-state index is 12.1. The summed E-state index contributed by atoms with van der Waals surface area (Å²) in [6.45, 7) is 3.83. The van der Waals surface area contributed by atoms with Crippen molar-refractivity contribution in [1.29, 1.82) is 0 Å². The first kappa shape index (κ1) is 17.2. The van der Waals surface area contributed by atoms with Crippen LogP contribution in [0.15, 0.2) is 15.9 Å². The fraction of sp³-hybridized carbons (Fsp3) is 0.438. The Kier molecular flexibility index (Phi) is 5.54. The molecular weight excluding hydrogens is 316 g/mol. The van der Waals surface area contributed by atoms with Crippen LogP contribution < -0.4 is 0 Å². The van der Waals surface area contributed by atoms with Crippen LogP contribution in [-0.4, -0.2) is 33.9 Å². The Morgan fingerprint density at radius 2 is 2.13 bits per heavy atom. The Labute approximate surface area is 138 Å². The third-order valence-corrected chi connectivity index (χ3v) is 4.33. The number of carboxylic acids is 1. The molecule has 2 aromatic rings. The molecule has 23 heavy (non-hydrogen) atoms. The van der Waals surface area contributed by atoms with Crippen molar-refractivity contribution in [3.8, 4) is 0 Å². The second-order valence-corrected chi connectivity index (χ2v) is 6.51. The molecule has 0 aliphatic heterocycles.